The van der Waals surface area contributed by atoms with Crippen molar-refractivity contribution in [1.29, 1.82) is 0 Å². The third kappa shape index (κ3) is 2.31. The molecule has 0 radical (unpaired) electrons. The lowest BCUT2D eigenvalue weighted by atomic mass is 10.0. The first-order valence-electron chi connectivity index (χ1n) is 6.44. The summed E-state index contributed by atoms with van der Waals surface area (Å²) >= 11 is 0. The van der Waals surface area contributed by atoms with Crippen molar-refractivity contribution in [3.63, 3.8) is 0 Å². The molecule has 0 fully saturated rings. The van der Waals surface area contributed by atoms with Gasteiger partial charge in [0.25, 0.3) is 0 Å². The van der Waals surface area contributed by atoms with E-state index in [2.05, 4.69) is 50.1 Å². The van der Waals surface area contributed by atoms with E-state index in [4.69, 9.17) is 0 Å². The van der Waals surface area contributed by atoms with Crippen LogP contribution in [0.2, 0.25) is 0 Å². The zero-order chi connectivity index (χ0) is 13.1. The van der Waals surface area contributed by atoms with Crippen LogP contribution in [0.15, 0.2) is 30.5 Å². The van der Waals surface area contributed by atoms with Gasteiger partial charge in [0, 0.05) is 11.3 Å². The Morgan fingerprint density at radius 2 is 1.89 bits per heavy atom. The molecule has 0 atom stereocenters. The quantitative estimate of drug-likeness (QED) is 0.897. The Labute approximate surface area is 108 Å². The molecule has 0 saturated carbocycles. The van der Waals surface area contributed by atoms with Crippen LogP contribution in [0.1, 0.15) is 43.5 Å². The van der Waals surface area contributed by atoms with Crippen LogP contribution in [0, 0.1) is 0 Å². The first-order chi connectivity index (χ1) is 8.67. The molecule has 0 aliphatic carbocycles. The second-order valence-electron chi connectivity index (χ2n) is 4.79. The molecular weight excluding hydrogens is 224 g/mol. The lowest BCUT2D eigenvalue weighted by Gasteiger charge is -2.09. The molecule has 0 spiro atoms. The number of hydrogen-bond acceptors (Lipinski definition) is 2. The Balaban J connectivity index is 2.39. The van der Waals surface area contributed by atoms with Gasteiger partial charge in [-0.25, -0.2) is 4.68 Å². The molecule has 3 nitrogen and oxygen atoms in total. The van der Waals surface area contributed by atoms with Crippen LogP contribution in [0.4, 0.5) is 0 Å². The highest BCUT2D eigenvalue weighted by Gasteiger charge is 2.09. The maximum absolute atomic E-state index is 9.27. The number of aliphatic hydroxyl groups excluding tert-OH is 1. The minimum Gasteiger partial charge on any atom is -0.392 e. The van der Waals surface area contributed by atoms with Crippen LogP contribution in [0.25, 0.3) is 5.69 Å². The fourth-order valence-electron chi connectivity index (χ4n) is 2.14. The molecule has 96 valence electrons. The highest BCUT2D eigenvalue weighted by atomic mass is 16.3. The molecule has 1 N–H and O–H groups in total. The molecule has 1 aromatic carbocycles. The number of aromatic nitrogens is 2. The van der Waals surface area contributed by atoms with Crippen molar-refractivity contribution in [2.75, 3.05) is 0 Å². The molecule has 0 bridgehead atoms. The Bertz CT molecular complexity index is 512. The van der Waals surface area contributed by atoms with E-state index in [0.29, 0.717) is 5.92 Å². The zero-order valence-corrected chi connectivity index (χ0v) is 11.2. The van der Waals surface area contributed by atoms with Crippen LogP contribution in [0.3, 0.4) is 0 Å². The fourth-order valence-corrected chi connectivity index (χ4v) is 2.14. The molecule has 0 aliphatic heterocycles. The maximum Gasteiger partial charge on any atom is 0.0715 e. The predicted molar refractivity (Wildman–Crippen MR) is 73.0 cm³/mol. The van der Waals surface area contributed by atoms with E-state index in [-0.39, 0.29) is 6.61 Å². The highest BCUT2D eigenvalue weighted by molar-refractivity contribution is 5.38. The van der Waals surface area contributed by atoms with Gasteiger partial charge in [0.1, 0.15) is 0 Å². The maximum atomic E-state index is 9.27. The summed E-state index contributed by atoms with van der Waals surface area (Å²) in [6.45, 7) is 6.50. The van der Waals surface area contributed by atoms with Gasteiger partial charge in [-0.3, -0.25) is 0 Å². The average Bonchev–Trinajstić information content (AvgIpc) is 2.81. The van der Waals surface area contributed by atoms with Crippen LogP contribution < -0.4 is 0 Å². The van der Waals surface area contributed by atoms with E-state index in [1.165, 1.54) is 5.56 Å². The van der Waals surface area contributed by atoms with Crippen molar-refractivity contribution in [2.45, 2.75) is 39.7 Å². The summed E-state index contributed by atoms with van der Waals surface area (Å²) in [4.78, 5) is 0. The Morgan fingerprint density at radius 1 is 1.22 bits per heavy atom. The molecule has 3 heteroatoms. The summed E-state index contributed by atoms with van der Waals surface area (Å²) in [7, 11) is 0. The zero-order valence-electron chi connectivity index (χ0n) is 11.2. The van der Waals surface area contributed by atoms with Crippen LogP contribution in [0.5, 0.6) is 0 Å². The summed E-state index contributed by atoms with van der Waals surface area (Å²) in [5.41, 5.74) is 4.36. The Kier molecular flexibility index (Phi) is 3.82. The summed E-state index contributed by atoms with van der Waals surface area (Å²) in [6.07, 6.45) is 2.61. The first kappa shape index (κ1) is 12.8. The van der Waals surface area contributed by atoms with Crippen molar-refractivity contribution >= 4 is 0 Å². The van der Waals surface area contributed by atoms with E-state index in [1.54, 1.807) is 6.20 Å². The third-order valence-corrected chi connectivity index (χ3v) is 3.26. The van der Waals surface area contributed by atoms with Crippen LogP contribution >= 0.6 is 0 Å². The molecular formula is C15H20N2O. The second kappa shape index (κ2) is 5.36. The van der Waals surface area contributed by atoms with Gasteiger partial charge in [0.15, 0.2) is 0 Å². The van der Waals surface area contributed by atoms with Crippen molar-refractivity contribution in [1.82, 2.24) is 9.78 Å². The topological polar surface area (TPSA) is 38.1 Å². The Hall–Kier alpha value is -1.61. The largest absolute Gasteiger partial charge is 0.392 e. The first-order valence-corrected chi connectivity index (χ1v) is 6.44. The number of rotatable bonds is 4. The smallest absolute Gasteiger partial charge is 0.0715 e. The molecule has 2 aromatic rings. The molecule has 0 unspecified atom stereocenters. The van der Waals surface area contributed by atoms with Gasteiger partial charge in [-0.15, -0.1) is 0 Å². The summed E-state index contributed by atoms with van der Waals surface area (Å²) in [5.74, 6) is 0.537. The van der Waals surface area contributed by atoms with E-state index < -0.39 is 0 Å². The third-order valence-electron chi connectivity index (χ3n) is 3.26. The fraction of sp³-hybridized carbons (Fsp3) is 0.400. The molecule has 0 saturated heterocycles. The number of aliphatic hydroxyl groups is 1. The van der Waals surface area contributed by atoms with Gasteiger partial charge in [-0.1, -0.05) is 32.9 Å². The number of benzene rings is 1. The van der Waals surface area contributed by atoms with Crippen LogP contribution in [-0.2, 0) is 13.0 Å². The second-order valence-corrected chi connectivity index (χ2v) is 4.79. The summed E-state index contributed by atoms with van der Waals surface area (Å²) in [6, 6.07) is 8.45. The minimum atomic E-state index is 0.0489. The van der Waals surface area contributed by atoms with Gasteiger partial charge in [-0.05, 0) is 30.0 Å². The van der Waals surface area contributed by atoms with Crippen LogP contribution in [-0.4, -0.2) is 14.9 Å². The van der Waals surface area contributed by atoms with Crippen molar-refractivity contribution < 1.29 is 5.11 Å². The summed E-state index contributed by atoms with van der Waals surface area (Å²) in [5, 5.41) is 13.6. The van der Waals surface area contributed by atoms with Crippen molar-refractivity contribution in [3.8, 4) is 5.69 Å². The number of nitrogens with zero attached hydrogens (tertiary/aromatic N) is 2. The normalized spacial score (nSPS) is 11.2. The monoisotopic (exact) mass is 244 g/mol. The van der Waals surface area contributed by atoms with Gasteiger partial charge < -0.3 is 5.11 Å². The highest BCUT2D eigenvalue weighted by Crippen LogP contribution is 2.19. The summed E-state index contributed by atoms with van der Waals surface area (Å²) < 4.78 is 1.91. The SMILES string of the molecule is CCc1c(CO)cnn1-c1ccc(C(C)C)cc1. The molecule has 1 heterocycles. The minimum absolute atomic E-state index is 0.0489. The molecule has 0 amide bonds. The lowest BCUT2D eigenvalue weighted by Crippen LogP contribution is -2.03. The van der Waals surface area contributed by atoms with E-state index in [1.807, 2.05) is 4.68 Å². The van der Waals surface area contributed by atoms with Gasteiger partial charge in [0.2, 0.25) is 0 Å². The lowest BCUT2D eigenvalue weighted by molar-refractivity contribution is 0.280. The van der Waals surface area contributed by atoms with Gasteiger partial charge >= 0.3 is 0 Å². The number of hydrogen-bond donors (Lipinski definition) is 1. The van der Waals surface area contributed by atoms with Gasteiger partial charge in [0.05, 0.1) is 18.5 Å². The van der Waals surface area contributed by atoms with E-state index >= 15 is 0 Å². The molecule has 0 aliphatic rings. The molecule has 2 rings (SSSR count). The van der Waals surface area contributed by atoms with E-state index in [0.717, 1.165) is 23.4 Å². The molecule has 18 heavy (non-hydrogen) atoms. The van der Waals surface area contributed by atoms with E-state index in [9.17, 15) is 5.11 Å². The molecule has 1 aromatic heterocycles. The van der Waals surface area contributed by atoms with Crippen molar-refractivity contribution in [2.24, 2.45) is 0 Å². The standard InChI is InChI=1S/C15H20N2O/c1-4-15-13(10-18)9-16-17(15)14-7-5-12(6-8-14)11(2)3/h5-9,11,18H,4,10H2,1-3H3. The van der Waals surface area contributed by atoms with Crippen molar-refractivity contribution in [3.05, 3.63) is 47.3 Å². The van der Waals surface area contributed by atoms with Gasteiger partial charge in [-0.2, -0.15) is 5.10 Å². The predicted octanol–water partition coefficient (Wildman–Crippen LogP) is 3.05. The Morgan fingerprint density at radius 3 is 2.39 bits per heavy atom. The average molecular weight is 244 g/mol.